The standard InChI is InChI=1S/C13H25N5O3/c1-3-14-11(19)9-17-5-7-18(8-6-17)10-12(20)16-13(21)15-4-2/h3-10H2,1-2H3,(H,14,19)(H2,15,16,20,21). The van der Waals surface area contributed by atoms with E-state index in [1.165, 1.54) is 0 Å². The van der Waals surface area contributed by atoms with Crippen LogP contribution in [0.1, 0.15) is 13.8 Å². The number of carbonyl (C=O) groups is 3. The highest BCUT2D eigenvalue weighted by Gasteiger charge is 2.20. The van der Waals surface area contributed by atoms with Crippen molar-refractivity contribution in [3.05, 3.63) is 0 Å². The molecule has 0 aromatic heterocycles. The summed E-state index contributed by atoms with van der Waals surface area (Å²) in [7, 11) is 0. The van der Waals surface area contributed by atoms with Gasteiger partial charge in [0.15, 0.2) is 0 Å². The number of rotatable bonds is 6. The number of piperazine rings is 1. The Balaban J connectivity index is 2.22. The molecule has 0 spiro atoms. The summed E-state index contributed by atoms with van der Waals surface area (Å²) < 4.78 is 0. The Labute approximate surface area is 125 Å². The van der Waals surface area contributed by atoms with E-state index < -0.39 is 6.03 Å². The van der Waals surface area contributed by atoms with Crippen LogP contribution in [0, 0.1) is 0 Å². The maximum Gasteiger partial charge on any atom is 0.321 e. The molecule has 0 aromatic rings. The lowest BCUT2D eigenvalue weighted by Crippen LogP contribution is -2.52. The molecular weight excluding hydrogens is 274 g/mol. The molecule has 0 aromatic carbocycles. The van der Waals surface area contributed by atoms with E-state index in [4.69, 9.17) is 0 Å². The minimum absolute atomic E-state index is 0.0277. The van der Waals surface area contributed by atoms with Crippen molar-refractivity contribution in [1.29, 1.82) is 0 Å². The van der Waals surface area contributed by atoms with Crippen molar-refractivity contribution in [2.24, 2.45) is 0 Å². The lowest BCUT2D eigenvalue weighted by molar-refractivity contribution is -0.124. The largest absolute Gasteiger partial charge is 0.355 e. The fraction of sp³-hybridized carbons (Fsp3) is 0.769. The number of carbonyl (C=O) groups excluding carboxylic acids is 3. The van der Waals surface area contributed by atoms with E-state index in [0.29, 0.717) is 32.7 Å². The van der Waals surface area contributed by atoms with Gasteiger partial charge >= 0.3 is 6.03 Å². The van der Waals surface area contributed by atoms with Crippen LogP contribution < -0.4 is 16.0 Å². The molecule has 0 radical (unpaired) electrons. The fourth-order valence-electron chi connectivity index (χ4n) is 2.14. The molecule has 1 aliphatic heterocycles. The van der Waals surface area contributed by atoms with E-state index in [1.54, 1.807) is 6.92 Å². The van der Waals surface area contributed by atoms with E-state index in [2.05, 4.69) is 20.9 Å². The van der Waals surface area contributed by atoms with Crippen LogP contribution in [0.4, 0.5) is 4.79 Å². The van der Waals surface area contributed by atoms with Gasteiger partial charge in [0, 0.05) is 39.3 Å². The van der Waals surface area contributed by atoms with E-state index in [1.807, 2.05) is 11.8 Å². The van der Waals surface area contributed by atoms with Crippen molar-refractivity contribution in [2.75, 3.05) is 52.4 Å². The first-order valence-corrected chi connectivity index (χ1v) is 7.34. The molecule has 0 bridgehead atoms. The smallest absolute Gasteiger partial charge is 0.321 e. The maximum atomic E-state index is 11.6. The highest BCUT2D eigenvalue weighted by Crippen LogP contribution is 2.00. The predicted octanol–water partition coefficient (Wildman–Crippen LogP) is -1.41. The highest BCUT2D eigenvalue weighted by atomic mass is 16.2. The molecule has 0 atom stereocenters. The fourth-order valence-corrected chi connectivity index (χ4v) is 2.14. The second-order valence-corrected chi connectivity index (χ2v) is 4.91. The first kappa shape index (κ1) is 17.4. The summed E-state index contributed by atoms with van der Waals surface area (Å²) in [6.45, 7) is 8.30. The van der Waals surface area contributed by atoms with E-state index in [-0.39, 0.29) is 18.4 Å². The zero-order valence-corrected chi connectivity index (χ0v) is 12.8. The van der Waals surface area contributed by atoms with Gasteiger partial charge in [-0.1, -0.05) is 0 Å². The van der Waals surface area contributed by atoms with Crippen molar-refractivity contribution < 1.29 is 14.4 Å². The van der Waals surface area contributed by atoms with Crippen LogP contribution in [0.15, 0.2) is 0 Å². The van der Waals surface area contributed by atoms with Gasteiger partial charge in [-0.3, -0.25) is 24.7 Å². The zero-order valence-electron chi connectivity index (χ0n) is 12.8. The summed E-state index contributed by atoms with van der Waals surface area (Å²) in [5.74, 6) is -0.280. The number of hydrogen-bond acceptors (Lipinski definition) is 5. The van der Waals surface area contributed by atoms with Crippen LogP contribution in [0.3, 0.4) is 0 Å². The molecule has 0 saturated carbocycles. The molecule has 3 N–H and O–H groups in total. The molecule has 8 heteroatoms. The molecule has 1 heterocycles. The third-order valence-corrected chi connectivity index (χ3v) is 3.16. The Kier molecular flexibility index (Phi) is 7.70. The van der Waals surface area contributed by atoms with Crippen LogP contribution in [0.5, 0.6) is 0 Å². The molecule has 0 aliphatic carbocycles. The molecule has 1 saturated heterocycles. The van der Waals surface area contributed by atoms with Gasteiger partial charge in [0.25, 0.3) is 0 Å². The van der Waals surface area contributed by atoms with Crippen molar-refractivity contribution >= 4 is 17.8 Å². The van der Waals surface area contributed by atoms with Crippen LogP contribution in [0.2, 0.25) is 0 Å². The molecule has 1 fully saturated rings. The SMILES string of the molecule is CCNC(=O)CN1CCN(CC(=O)NC(=O)NCC)CC1. The predicted molar refractivity (Wildman–Crippen MR) is 78.8 cm³/mol. The zero-order chi connectivity index (χ0) is 15.7. The number of urea groups is 1. The highest BCUT2D eigenvalue weighted by molar-refractivity contribution is 5.95. The summed E-state index contributed by atoms with van der Waals surface area (Å²) >= 11 is 0. The molecule has 120 valence electrons. The van der Waals surface area contributed by atoms with Crippen LogP contribution in [-0.4, -0.2) is 80.0 Å². The van der Waals surface area contributed by atoms with Gasteiger partial charge in [0.2, 0.25) is 11.8 Å². The molecule has 4 amide bonds. The lowest BCUT2D eigenvalue weighted by Gasteiger charge is -2.33. The van der Waals surface area contributed by atoms with Gasteiger partial charge in [0.1, 0.15) is 0 Å². The average Bonchev–Trinajstić information content (AvgIpc) is 2.41. The van der Waals surface area contributed by atoms with E-state index in [9.17, 15) is 14.4 Å². The van der Waals surface area contributed by atoms with Gasteiger partial charge in [-0.05, 0) is 13.8 Å². The van der Waals surface area contributed by atoms with Crippen molar-refractivity contribution in [1.82, 2.24) is 25.8 Å². The summed E-state index contributed by atoms with van der Waals surface area (Å²) in [5, 5.41) is 7.56. The summed E-state index contributed by atoms with van der Waals surface area (Å²) in [6, 6.07) is -0.461. The van der Waals surface area contributed by atoms with Gasteiger partial charge in [-0.25, -0.2) is 4.79 Å². The number of amides is 4. The quantitative estimate of drug-likeness (QED) is 0.560. The molecule has 0 unspecified atom stereocenters. The first-order chi connectivity index (χ1) is 10.0. The minimum Gasteiger partial charge on any atom is -0.355 e. The molecule has 1 rings (SSSR count). The molecular formula is C13H25N5O3. The second-order valence-electron chi connectivity index (χ2n) is 4.91. The number of imide groups is 1. The maximum absolute atomic E-state index is 11.6. The Bertz CT molecular complexity index is 367. The topological polar surface area (TPSA) is 93.8 Å². The summed E-state index contributed by atoms with van der Waals surface area (Å²) in [5.41, 5.74) is 0. The summed E-state index contributed by atoms with van der Waals surface area (Å²) in [4.78, 5) is 38.4. The number of nitrogens with one attached hydrogen (secondary N) is 3. The van der Waals surface area contributed by atoms with Crippen molar-refractivity contribution in [3.8, 4) is 0 Å². The van der Waals surface area contributed by atoms with Crippen molar-refractivity contribution in [2.45, 2.75) is 13.8 Å². The minimum atomic E-state index is -0.461. The van der Waals surface area contributed by atoms with Crippen LogP contribution in [0.25, 0.3) is 0 Å². The molecule has 21 heavy (non-hydrogen) atoms. The second kappa shape index (κ2) is 9.30. The number of nitrogens with zero attached hydrogens (tertiary/aromatic N) is 2. The van der Waals surface area contributed by atoms with Gasteiger partial charge in [-0.15, -0.1) is 0 Å². The summed E-state index contributed by atoms with van der Waals surface area (Å²) in [6.07, 6.45) is 0. The van der Waals surface area contributed by atoms with E-state index >= 15 is 0 Å². The Morgan fingerprint density at radius 2 is 1.29 bits per heavy atom. The lowest BCUT2D eigenvalue weighted by atomic mass is 10.3. The van der Waals surface area contributed by atoms with Crippen LogP contribution in [-0.2, 0) is 9.59 Å². The number of hydrogen-bond donors (Lipinski definition) is 3. The van der Waals surface area contributed by atoms with Crippen molar-refractivity contribution in [3.63, 3.8) is 0 Å². The number of likely N-dealkylation sites (N-methyl/N-ethyl adjacent to an activating group) is 1. The van der Waals surface area contributed by atoms with E-state index in [0.717, 1.165) is 13.1 Å². The first-order valence-electron chi connectivity index (χ1n) is 7.34. The Morgan fingerprint density at radius 1 is 0.810 bits per heavy atom. The Hall–Kier alpha value is -1.67. The van der Waals surface area contributed by atoms with Gasteiger partial charge in [0.05, 0.1) is 13.1 Å². The normalized spacial score (nSPS) is 16.3. The monoisotopic (exact) mass is 299 g/mol. The average molecular weight is 299 g/mol. The molecule has 8 nitrogen and oxygen atoms in total. The Morgan fingerprint density at radius 3 is 1.76 bits per heavy atom. The third-order valence-electron chi connectivity index (χ3n) is 3.16. The molecule has 1 aliphatic rings. The third kappa shape index (κ3) is 7.05. The van der Waals surface area contributed by atoms with Crippen LogP contribution >= 0.6 is 0 Å². The van der Waals surface area contributed by atoms with Gasteiger partial charge in [-0.2, -0.15) is 0 Å². The van der Waals surface area contributed by atoms with Gasteiger partial charge < -0.3 is 10.6 Å².